The van der Waals surface area contributed by atoms with E-state index in [4.69, 9.17) is 4.42 Å². The Labute approximate surface area is 270 Å². The molecule has 0 unspecified atom stereocenters. The first-order valence-corrected chi connectivity index (χ1v) is 15.2. The maximum Gasteiger partial charge on any atom is 0.305 e. The van der Waals surface area contributed by atoms with E-state index >= 15 is 0 Å². The molecular formula is C36H34N4O7. The van der Waals surface area contributed by atoms with E-state index in [1.165, 1.54) is 17.6 Å². The van der Waals surface area contributed by atoms with Gasteiger partial charge in [0, 0.05) is 18.5 Å². The molecule has 2 amide bonds. The second-order valence-electron chi connectivity index (χ2n) is 11.3. The van der Waals surface area contributed by atoms with Crippen molar-refractivity contribution in [1.29, 1.82) is 0 Å². The lowest BCUT2D eigenvalue weighted by Gasteiger charge is -2.23. The van der Waals surface area contributed by atoms with Crippen molar-refractivity contribution < 1.29 is 28.7 Å². The summed E-state index contributed by atoms with van der Waals surface area (Å²) in [7, 11) is 0. The van der Waals surface area contributed by atoms with Gasteiger partial charge in [0.05, 0.1) is 6.42 Å². The third-order valence-corrected chi connectivity index (χ3v) is 7.79. The Morgan fingerprint density at radius 3 is 2.23 bits per heavy atom. The van der Waals surface area contributed by atoms with E-state index in [1.54, 1.807) is 31.2 Å². The number of oxazole rings is 1. The van der Waals surface area contributed by atoms with E-state index in [1.807, 2.05) is 60.7 Å². The molecule has 5 aromatic rings. The molecule has 0 saturated heterocycles. The number of ketones is 1. The highest BCUT2D eigenvalue weighted by atomic mass is 16.4. The molecule has 2 atom stereocenters. The molecule has 3 N–H and O–H groups in total. The van der Waals surface area contributed by atoms with Crippen LogP contribution in [0.25, 0.3) is 11.1 Å². The fourth-order valence-corrected chi connectivity index (χ4v) is 5.31. The normalized spacial score (nSPS) is 12.3. The lowest BCUT2D eigenvalue weighted by Crippen LogP contribution is -2.46. The van der Waals surface area contributed by atoms with E-state index in [0.29, 0.717) is 23.2 Å². The van der Waals surface area contributed by atoms with Crippen molar-refractivity contribution >= 4 is 40.4 Å². The largest absolute Gasteiger partial charge is 0.481 e. The number of benzene rings is 3. The number of hydrogen-bond donors (Lipinski definition) is 3. The van der Waals surface area contributed by atoms with Gasteiger partial charge in [0.15, 0.2) is 5.58 Å². The number of rotatable bonds is 13. The molecule has 0 aliphatic rings. The van der Waals surface area contributed by atoms with Gasteiger partial charge in [0.2, 0.25) is 17.6 Å². The summed E-state index contributed by atoms with van der Waals surface area (Å²) in [6, 6.07) is 24.4. The third-order valence-electron chi connectivity index (χ3n) is 7.79. The number of carboxylic acid groups (broad SMARTS) is 1. The summed E-state index contributed by atoms with van der Waals surface area (Å²) in [4.78, 5) is 69.8. The smallest absolute Gasteiger partial charge is 0.305 e. The first-order valence-electron chi connectivity index (χ1n) is 15.2. The number of aryl methyl sites for hydroxylation is 2. The van der Waals surface area contributed by atoms with Crippen LogP contribution in [0.15, 0.2) is 100 Å². The molecule has 240 valence electrons. The Hall–Kier alpha value is -5.84. The van der Waals surface area contributed by atoms with E-state index in [-0.39, 0.29) is 30.3 Å². The fourth-order valence-electron chi connectivity index (χ4n) is 5.31. The zero-order valence-electron chi connectivity index (χ0n) is 25.9. The molecule has 11 heteroatoms. The molecule has 3 aromatic carbocycles. The van der Waals surface area contributed by atoms with Gasteiger partial charge >= 0.3 is 5.97 Å². The van der Waals surface area contributed by atoms with Crippen LogP contribution in [0.5, 0.6) is 0 Å². The van der Waals surface area contributed by atoms with Crippen LogP contribution in [0.1, 0.15) is 58.9 Å². The average Bonchev–Trinajstić information content (AvgIpc) is 3.51. The van der Waals surface area contributed by atoms with Gasteiger partial charge < -0.3 is 20.2 Å². The Bertz CT molecular complexity index is 1980. The first kappa shape index (κ1) is 32.6. The van der Waals surface area contributed by atoms with Crippen LogP contribution in [0.2, 0.25) is 0 Å². The van der Waals surface area contributed by atoms with Crippen LogP contribution in [0.4, 0.5) is 5.69 Å². The number of nitrogens with zero attached hydrogens (tertiary/aromatic N) is 2. The van der Waals surface area contributed by atoms with Crippen molar-refractivity contribution in [3.05, 3.63) is 130 Å². The number of anilines is 1. The van der Waals surface area contributed by atoms with Crippen LogP contribution in [0, 0.1) is 6.92 Å². The monoisotopic (exact) mass is 634 g/mol. The summed E-state index contributed by atoms with van der Waals surface area (Å²) in [5.41, 5.74) is 3.22. The molecule has 47 heavy (non-hydrogen) atoms. The summed E-state index contributed by atoms with van der Waals surface area (Å²) in [6.45, 7) is 3.25. The van der Waals surface area contributed by atoms with E-state index in [0.717, 1.165) is 16.7 Å². The van der Waals surface area contributed by atoms with E-state index in [9.17, 15) is 29.1 Å². The molecular weight excluding hydrogens is 600 g/mol. The predicted octanol–water partition coefficient (Wildman–Crippen LogP) is 4.86. The number of amides is 2. The van der Waals surface area contributed by atoms with Crippen LogP contribution in [-0.4, -0.2) is 44.3 Å². The highest BCUT2D eigenvalue weighted by Crippen LogP contribution is 2.21. The molecule has 0 saturated carbocycles. The van der Waals surface area contributed by atoms with Crippen LogP contribution >= 0.6 is 0 Å². The fraction of sp³-hybridized carbons (Fsp3) is 0.222. The lowest BCUT2D eigenvalue weighted by molar-refractivity contribution is -0.137. The van der Waals surface area contributed by atoms with Crippen molar-refractivity contribution in [3.8, 4) is 0 Å². The minimum absolute atomic E-state index is 0.0143. The quantitative estimate of drug-likeness (QED) is 0.155. The zero-order chi connectivity index (χ0) is 33.5. The number of hydrogen-bond acceptors (Lipinski definition) is 7. The van der Waals surface area contributed by atoms with Crippen LogP contribution in [0.3, 0.4) is 0 Å². The van der Waals surface area contributed by atoms with Crippen molar-refractivity contribution in [3.63, 3.8) is 0 Å². The number of pyridine rings is 1. The Balaban J connectivity index is 1.42. The van der Waals surface area contributed by atoms with Gasteiger partial charge in [-0.2, -0.15) is 0 Å². The molecule has 0 spiro atoms. The SMILES string of the molecule is Cc1cccc2nc(C(=O)[C@H](CC(=O)O)NC(=O)[C@H](C)n3c(Cc4ccccc4)ccc(NC(=O)CCc4ccccc4)c3=O)oc12. The summed E-state index contributed by atoms with van der Waals surface area (Å²) in [6.07, 6.45) is 0.165. The number of fused-ring (bicyclic) bond motifs is 1. The van der Waals surface area contributed by atoms with E-state index < -0.39 is 41.7 Å². The molecule has 2 aromatic heterocycles. The van der Waals surface area contributed by atoms with Crippen molar-refractivity contribution in [2.45, 2.75) is 51.6 Å². The molecule has 0 aliphatic carbocycles. The van der Waals surface area contributed by atoms with Gasteiger partial charge in [-0.25, -0.2) is 4.98 Å². The molecule has 5 rings (SSSR count). The Morgan fingerprint density at radius 1 is 0.894 bits per heavy atom. The number of nitrogens with one attached hydrogen (secondary N) is 2. The second-order valence-corrected chi connectivity index (χ2v) is 11.3. The number of Topliss-reactive ketones (excluding diaryl/α,β-unsaturated/α-hetero) is 1. The van der Waals surface area contributed by atoms with Gasteiger partial charge in [0.25, 0.3) is 11.4 Å². The zero-order valence-corrected chi connectivity index (χ0v) is 25.9. The van der Waals surface area contributed by atoms with Crippen molar-refractivity contribution in [2.24, 2.45) is 0 Å². The van der Waals surface area contributed by atoms with Gasteiger partial charge in [-0.1, -0.05) is 72.8 Å². The summed E-state index contributed by atoms with van der Waals surface area (Å²) in [5, 5.41) is 14.7. The summed E-state index contributed by atoms with van der Waals surface area (Å²) >= 11 is 0. The number of carbonyl (C=O) groups is 4. The lowest BCUT2D eigenvalue weighted by atomic mass is 10.1. The standard InChI is InChI=1S/C36H34N4O7/c1-22-10-9-15-27-33(22)47-35(39-27)32(44)29(21-31(42)43)38-34(45)23(2)40-26(20-25-13-7-4-8-14-25)17-18-28(36(40)46)37-30(41)19-16-24-11-5-3-6-12-24/h3-15,17-18,23,29H,16,19-21H2,1-2H3,(H,37,41)(H,38,45)(H,42,43)/t23-,29-/m0/s1. The van der Waals surface area contributed by atoms with Crippen molar-refractivity contribution in [1.82, 2.24) is 14.9 Å². The van der Waals surface area contributed by atoms with Crippen LogP contribution in [-0.2, 0) is 27.2 Å². The van der Waals surface area contributed by atoms with Crippen molar-refractivity contribution in [2.75, 3.05) is 5.32 Å². The molecule has 11 nitrogen and oxygen atoms in total. The molecule has 0 radical (unpaired) electrons. The van der Waals surface area contributed by atoms with Crippen LogP contribution < -0.4 is 16.2 Å². The Morgan fingerprint density at radius 2 is 1.57 bits per heavy atom. The van der Waals surface area contributed by atoms with Gasteiger partial charge in [-0.3, -0.25) is 28.5 Å². The predicted molar refractivity (Wildman–Crippen MR) is 175 cm³/mol. The number of aliphatic carboxylic acids is 1. The average molecular weight is 635 g/mol. The second kappa shape index (κ2) is 14.5. The van der Waals surface area contributed by atoms with E-state index in [2.05, 4.69) is 15.6 Å². The Kier molecular flexibility index (Phi) is 10.0. The minimum Gasteiger partial charge on any atom is -0.481 e. The maximum absolute atomic E-state index is 13.9. The number of aromatic nitrogens is 2. The molecule has 0 bridgehead atoms. The summed E-state index contributed by atoms with van der Waals surface area (Å²) < 4.78 is 6.91. The number of para-hydroxylation sites is 1. The van der Waals surface area contributed by atoms with Gasteiger partial charge in [-0.05, 0) is 55.2 Å². The number of carboxylic acids is 1. The minimum atomic E-state index is -1.52. The first-order chi connectivity index (χ1) is 22.6. The highest BCUT2D eigenvalue weighted by Gasteiger charge is 2.31. The topological polar surface area (TPSA) is 161 Å². The van der Waals surface area contributed by atoms with Gasteiger partial charge in [0.1, 0.15) is 23.3 Å². The number of carbonyl (C=O) groups excluding carboxylic acids is 3. The molecule has 0 aliphatic heterocycles. The summed E-state index contributed by atoms with van der Waals surface area (Å²) in [5.74, 6) is -3.63. The van der Waals surface area contributed by atoms with Gasteiger partial charge in [-0.15, -0.1) is 0 Å². The molecule has 2 heterocycles. The highest BCUT2D eigenvalue weighted by molar-refractivity contribution is 6.02. The molecule has 0 fully saturated rings. The maximum atomic E-state index is 13.9. The third kappa shape index (κ3) is 7.88.